The molecule has 0 unspecified atom stereocenters. The molecule has 2 aromatic rings. The Morgan fingerprint density at radius 2 is 1.32 bits per heavy atom. The standard InChI is InChI=1S/C22H27N5O4/c1-23-20(28)15-11-13-27(14-12-15)22(30)26-18-5-3-16(4-6-18)24-21(29)25-17-7-9-19(31-2)10-8-17/h3-10,15H,11-14H2,1-2H3,(H,23,28)(H,26,30)(H2,24,25,29). The third-order valence-electron chi connectivity index (χ3n) is 5.14. The van der Waals surface area contributed by atoms with Gasteiger partial charge in [-0.3, -0.25) is 4.79 Å². The van der Waals surface area contributed by atoms with Crippen molar-refractivity contribution in [1.29, 1.82) is 0 Å². The maximum Gasteiger partial charge on any atom is 0.323 e. The molecule has 31 heavy (non-hydrogen) atoms. The summed E-state index contributed by atoms with van der Waals surface area (Å²) in [5.74, 6) is 0.696. The van der Waals surface area contributed by atoms with Crippen LogP contribution in [0.5, 0.6) is 5.75 Å². The minimum atomic E-state index is -0.374. The van der Waals surface area contributed by atoms with E-state index < -0.39 is 0 Å². The summed E-state index contributed by atoms with van der Waals surface area (Å²) in [5, 5.41) is 11.0. The van der Waals surface area contributed by atoms with Crippen molar-refractivity contribution in [3.63, 3.8) is 0 Å². The van der Waals surface area contributed by atoms with Gasteiger partial charge < -0.3 is 30.9 Å². The third-order valence-corrected chi connectivity index (χ3v) is 5.14. The summed E-state index contributed by atoms with van der Waals surface area (Å²) in [5.41, 5.74) is 1.86. The van der Waals surface area contributed by atoms with Crippen molar-refractivity contribution in [3.05, 3.63) is 48.5 Å². The predicted molar refractivity (Wildman–Crippen MR) is 119 cm³/mol. The van der Waals surface area contributed by atoms with Gasteiger partial charge in [0.2, 0.25) is 5.91 Å². The number of nitrogens with zero attached hydrogens (tertiary/aromatic N) is 1. The van der Waals surface area contributed by atoms with Crippen LogP contribution in [-0.2, 0) is 4.79 Å². The Kier molecular flexibility index (Phi) is 7.31. The Bertz CT molecular complexity index is 907. The fraction of sp³-hybridized carbons (Fsp3) is 0.318. The van der Waals surface area contributed by atoms with Crippen LogP contribution in [0.3, 0.4) is 0 Å². The number of hydrogen-bond donors (Lipinski definition) is 4. The SMILES string of the molecule is CNC(=O)C1CCN(C(=O)Nc2ccc(NC(=O)Nc3ccc(OC)cc3)cc2)CC1. The van der Waals surface area contributed by atoms with Gasteiger partial charge in [-0.25, -0.2) is 9.59 Å². The quantitative estimate of drug-likeness (QED) is 0.589. The number of likely N-dealkylation sites (tertiary alicyclic amines) is 1. The van der Waals surface area contributed by atoms with Gasteiger partial charge in [0.05, 0.1) is 7.11 Å². The second-order valence-electron chi connectivity index (χ2n) is 7.19. The number of ether oxygens (including phenoxy) is 1. The zero-order valence-corrected chi connectivity index (χ0v) is 17.6. The van der Waals surface area contributed by atoms with Gasteiger partial charge >= 0.3 is 12.1 Å². The molecule has 2 aromatic carbocycles. The topological polar surface area (TPSA) is 112 Å². The van der Waals surface area contributed by atoms with Gasteiger partial charge in [0, 0.05) is 43.1 Å². The number of methoxy groups -OCH3 is 1. The molecule has 1 heterocycles. The lowest BCUT2D eigenvalue weighted by atomic mass is 9.96. The Hall–Kier alpha value is -3.75. The second-order valence-corrected chi connectivity index (χ2v) is 7.19. The Balaban J connectivity index is 1.46. The molecule has 1 fully saturated rings. The van der Waals surface area contributed by atoms with Gasteiger partial charge in [-0.2, -0.15) is 0 Å². The molecule has 0 aliphatic carbocycles. The van der Waals surface area contributed by atoms with E-state index in [1.165, 1.54) is 0 Å². The second kappa shape index (κ2) is 10.3. The van der Waals surface area contributed by atoms with Gasteiger partial charge in [0.15, 0.2) is 0 Å². The summed E-state index contributed by atoms with van der Waals surface area (Å²) in [6, 6.07) is 13.3. The van der Waals surface area contributed by atoms with Crippen molar-refractivity contribution in [3.8, 4) is 5.75 Å². The molecule has 0 saturated carbocycles. The fourth-order valence-electron chi connectivity index (χ4n) is 3.36. The fourth-order valence-corrected chi connectivity index (χ4v) is 3.36. The first-order valence-electron chi connectivity index (χ1n) is 10.1. The van der Waals surface area contributed by atoms with Crippen LogP contribution >= 0.6 is 0 Å². The first-order chi connectivity index (χ1) is 15.0. The third kappa shape index (κ3) is 6.11. The Labute approximate surface area is 181 Å². The molecular formula is C22H27N5O4. The van der Waals surface area contributed by atoms with Crippen molar-refractivity contribution in [2.75, 3.05) is 43.2 Å². The summed E-state index contributed by atoms with van der Waals surface area (Å²) >= 11 is 0. The lowest BCUT2D eigenvalue weighted by molar-refractivity contribution is -0.125. The summed E-state index contributed by atoms with van der Waals surface area (Å²) in [4.78, 5) is 38.0. The van der Waals surface area contributed by atoms with Gasteiger partial charge in [-0.1, -0.05) is 0 Å². The first-order valence-corrected chi connectivity index (χ1v) is 10.1. The van der Waals surface area contributed by atoms with Gasteiger partial charge in [0.1, 0.15) is 5.75 Å². The summed E-state index contributed by atoms with van der Waals surface area (Å²) < 4.78 is 5.09. The lowest BCUT2D eigenvalue weighted by Gasteiger charge is -2.31. The highest BCUT2D eigenvalue weighted by atomic mass is 16.5. The largest absolute Gasteiger partial charge is 0.497 e. The van der Waals surface area contributed by atoms with Crippen molar-refractivity contribution in [1.82, 2.24) is 10.2 Å². The van der Waals surface area contributed by atoms with Gasteiger partial charge in [-0.05, 0) is 61.4 Å². The number of anilines is 3. The van der Waals surface area contributed by atoms with E-state index in [9.17, 15) is 14.4 Å². The first kappa shape index (κ1) is 21.9. The Morgan fingerprint density at radius 3 is 1.81 bits per heavy atom. The Morgan fingerprint density at radius 1 is 0.839 bits per heavy atom. The highest BCUT2D eigenvalue weighted by molar-refractivity contribution is 6.00. The number of carbonyl (C=O) groups excluding carboxylic acids is 3. The number of amides is 5. The van der Waals surface area contributed by atoms with Crippen molar-refractivity contribution in [2.45, 2.75) is 12.8 Å². The van der Waals surface area contributed by atoms with Crippen LogP contribution in [-0.4, -0.2) is 50.1 Å². The molecule has 5 amide bonds. The van der Waals surface area contributed by atoms with E-state index >= 15 is 0 Å². The number of hydrogen-bond acceptors (Lipinski definition) is 4. The van der Waals surface area contributed by atoms with E-state index in [0.29, 0.717) is 48.7 Å². The molecule has 1 aliphatic rings. The number of urea groups is 2. The van der Waals surface area contributed by atoms with E-state index in [0.717, 1.165) is 0 Å². The van der Waals surface area contributed by atoms with E-state index in [-0.39, 0.29) is 23.9 Å². The lowest BCUT2D eigenvalue weighted by Crippen LogP contribution is -2.44. The summed E-state index contributed by atoms with van der Waals surface area (Å²) in [6.45, 7) is 1.07. The minimum absolute atomic E-state index is 0.0270. The molecular weight excluding hydrogens is 398 g/mol. The number of carbonyl (C=O) groups is 3. The van der Waals surface area contributed by atoms with Crippen LogP contribution in [0.2, 0.25) is 0 Å². The minimum Gasteiger partial charge on any atom is -0.497 e. The van der Waals surface area contributed by atoms with E-state index in [4.69, 9.17) is 4.74 Å². The molecule has 1 aliphatic heterocycles. The van der Waals surface area contributed by atoms with Crippen LogP contribution in [0.15, 0.2) is 48.5 Å². The van der Waals surface area contributed by atoms with Crippen molar-refractivity contribution < 1.29 is 19.1 Å². The van der Waals surface area contributed by atoms with Crippen LogP contribution in [0.1, 0.15) is 12.8 Å². The normalized spacial score (nSPS) is 13.8. The molecule has 4 N–H and O–H groups in total. The number of nitrogens with one attached hydrogen (secondary N) is 4. The highest BCUT2D eigenvalue weighted by Gasteiger charge is 2.26. The van der Waals surface area contributed by atoms with Crippen molar-refractivity contribution in [2.24, 2.45) is 5.92 Å². The number of rotatable bonds is 5. The van der Waals surface area contributed by atoms with Gasteiger partial charge in [-0.15, -0.1) is 0 Å². The molecule has 0 aromatic heterocycles. The molecule has 164 valence electrons. The zero-order valence-electron chi connectivity index (χ0n) is 17.6. The predicted octanol–water partition coefficient (Wildman–Crippen LogP) is 3.33. The average Bonchev–Trinajstić information content (AvgIpc) is 2.80. The monoisotopic (exact) mass is 425 g/mol. The molecule has 9 nitrogen and oxygen atoms in total. The van der Waals surface area contributed by atoms with Crippen LogP contribution in [0.4, 0.5) is 26.7 Å². The molecule has 0 atom stereocenters. The smallest absolute Gasteiger partial charge is 0.323 e. The van der Waals surface area contributed by atoms with Crippen LogP contribution < -0.4 is 26.0 Å². The molecule has 9 heteroatoms. The summed E-state index contributed by atoms with van der Waals surface area (Å²) in [7, 11) is 3.21. The van der Waals surface area contributed by atoms with E-state index in [2.05, 4.69) is 21.3 Å². The zero-order chi connectivity index (χ0) is 22.2. The van der Waals surface area contributed by atoms with Gasteiger partial charge in [0.25, 0.3) is 0 Å². The van der Waals surface area contributed by atoms with Crippen LogP contribution in [0.25, 0.3) is 0 Å². The van der Waals surface area contributed by atoms with E-state index in [1.807, 2.05) is 0 Å². The maximum absolute atomic E-state index is 12.5. The number of benzene rings is 2. The van der Waals surface area contributed by atoms with E-state index in [1.54, 1.807) is 67.6 Å². The summed E-state index contributed by atoms with van der Waals surface area (Å²) in [6.07, 6.45) is 1.30. The molecule has 0 spiro atoms. The molecule has 0 radical (unpaired) electrons. The molecule has 3 rings (SSSR count). The van der Waals surface area contributed by atoms with Crippen LogP contribution in [0, 0.1) is 5.92 Å². The highest BCUT2D eigenvalue weighted by Crippen LogP contribution is 2.20. The average molecular weight is 425 g/mol. The van der Waals surface area contributed by atoms with Crippen molar-refractivity contribution >= 4 is 35.0 Å². The maximum atomic E-state index is 12.5. The molecule has 0 bridgehead atoms. The molecule has 1 saturated heterocycles. The number of piperidine rings is 1.